The van der Waals surface area contributed by atoms with E-state index in [2.05, 4.69) is 21.0 Å². The number of rotatable bonds is 1. The molecule has 9 heteroatoms. The molecular formula is C12H7BrF4N3O+. The Morgan fingerprint density at radius 2 is 2.05 bits per heavy atom. The Hall–Kier alpha value is -1.95. The number of halogens is 5. The summed E-state index contributed by atoms with van der Waals surface area (Å²) in [4.78, 5) is -1.37. The summed E-state index contributed by atoms with van der Waals surface area (Å²) in [5.41, 5.74) is -1.85. The van der Waals surface area contributed by atoms with Gasteiger partial charge in [-0.15, -0.1) is 0 Å². The lowest BCUT2D eigenvalue weighted by Crippen LogP contribution is -2.36. The Bertz CT molecular complexity index is 718. The molecule has 0 saturated carbocycles. The van der Waals surface area contributed by atoms with Crippen LogP contribution in [-0.4, -0.2) is 39.3 Å². The Labute approximate surface area is 124 Å². The molecule has 0 amide bonds. The van der Waals surface area contributed by atoms with Gasteiger partial charge in [-0.05, 0) is 17.2 Å². The molecule has 1 aliphatic heterocycles. The average Bonchev–Trinajstić information content (AvgIpc) is 2.66. The van der Waals surface area contributed by atoms with Crippen molar-refractivity contribution < 1.29 is 27.4 Å². The highest BCUT2D eigenvalue weighted by Crippen LogP contribution is 2.31. The predicted octanol–water partition coefficient (Wildman–Crippen LogP) is 2.53. The molecule has 0 radical (unpaired) electrons. The van der Waals surface area contributed by atoms with Gasteiger partial charge >= 0.3 is 11.9 Å². The Kier molecular flexibility index (Phi) is 3.76. The first-order valence-corrected chi connectivity index (χ1v) is 6.41. The van der Waals surface area contributed by atoms with Gasteiger partial charge in [-0.25, -0.2) is 4.39 Å². The van der Waals surface area contributed by atoms with Crippen molar-refractivity contribution in [1.29, 1.82) is 5.26 Å². The molecule has 21 heavy (non-hydrogen) atoms. The van der Waals surface area contributed by atoms with Crippen LogP contribution in [0.2, 0.25) is 0 Å². The van der Waals surface area contributed by atoms with Crippen molar-refractivity contribution in [1.82, 2.24) is 0 Å². The van der Waals surface area contributed by atoms with Crippen LogP contribution in [0, 0.1) is 17.1 Å². The molecule has 1 atom stereocenters. The van der Waals surface area contributed by atoms with Crippen LogP contribution < -0.4 is 0 Å². The van der Waals surface area contributed by atoms with E-state index < -0.39 is 28.3 Å². The highest BCUT2D eigenvalue weighted by molar-refractivity contribution is 9.10. The minimum Gasteiger partial charge on any atom is -0.507 e. The summed E-state index contributed by atoms with van der Waals surface area (Å²) < 4.78 is 53.2. The van der Waals surface area contributed by atoms with Gasteiger partial charge in [0, 0.05) is 5.56 Å². The number of phenols is 1. The summed E-state index contributed by atoms with van der Waals surface area (Å²) in [7, 11) is 1.09. The SMILES string of the molecule is C[N+]1=C(C(F)(F)F)C(Br)C(c2cc(O)c(C#N)cc2F)=N1. The average molecular weight is 365 g/mol. The van der Waals surface area contributed by atoms with Crippen molar-refractivity contribution in [2.24, 2.45) is 5.10 Å². The second-order valence-corrected chi connectivity index (χ2v) is 5.13. The van der Waals surface area contributed by atoms with Gasteiger partial charge in [0.05, 0.1) is 5.56 Å². The largest absolute Gasteiger partial charge is 0.507 e. The van der Waals surface area contributed by atoms with E-state index in [1.807, 2.05) is 0 Å². The van der Waals surface area contributed by atoms with E-state index in [4.69, 9.17) is 5.26 Å². The number of nitriles is 1. The topological polar surface area (TPSA) is 59.4 Å². The number of nitrogens with zero attached hydrogens (tertiary/aromatic N) is 3. The maximum absolute atomic E-state index is 13.9. The molecule has 4 nitrogen and oxygen atoms in total. The third-order valence-electron chi connectivity index (χ3n) is 2.86. The Morgan fingerprint density at radius 3 is 2.52 bits per heavy atom. The number of phenolic OH excluding ortho intramolecular Hbond substituents is 1. The fraction of sp³-hybridized carbons (Fsp3) is 0.250. The fourth-order valence-electron chi connectivity index (χ4n) is 1.92. The predicted molar refractivity (Wildman–Crippen MR) is 69.3 cm³/mol. The van der Waals surface area contributed by atoms with E-state index in [-0.39, 0.29) is 16.8 Å². The molecule has 0 saturated heterocycles. The molecule has 0 fully saturated rings. The van der Waals surface area contributed by atoms with Crippen molar-refractivity contribution >= 4 is 27.4 Å². The molecule has 1 N–H and O–H groups in total. The first-order chi connectivity index (χ1) is 9.66. The van der Waals surface area contributed by atoms with Crippen LogP contribution in [0.5, 0.6) is 5.75 Å². The summed E-state index contributed by atoms with van der Waals surface area (Å²) in [5, 5.41) is 21.9. The smallest absolute Gasteiger partial charge is 0.477 e. The van der Waals surface area contributed by atoms with Gasteiger partial charge in [0.2, 0.25) is 0 Å². The summed E-state index contributed by atoms with van der Waals surface area (Å²) >= 11 is 2.84. The van der Waals surface area contributed by atoms with Gasteiger partial charge < -0.3 is 5.11 Å². The highest BCUT2D eigenvalue weighted by Gasteiger charge is 2.53. The van der Waals surface area contributed by atoms with Crippen molar-refractivity contribution in [3.63, 3.8) is 0 Å². The summed E-state index contributed by atoms with van der Waals surface area (Å²) in [5.74, 6) is -1.47. The van der Waals surface area contributed by atoms with E-state index in [9.17, 15) is 22.7 Å². The lowest BCUT2D eigenvalue weighted by atomic mass is 10.0. The van der Waals surface area contributed by atoms with Crippen LogP contribution in [0.15, 0.2) is 17.2 Å². The first kappa shape index (κ1) is 15.4. The van der Waals surface area contributed by atoms with Gasteiger partial charge in [0.25, 0.3) is 0 Å². The van der Waals surface area contributed by atoms with Crippen molar-refractivity contribution in [3.05, 3.63) is 29.1 Å². The zero-order valence-corrected chi connectivity index (χ0v) is 12.0. The van der Waals surface area contributed by atoms with Crippen LogP contribution in [0.3, 0.4) is 0 Å². The third-order valence-corrected chi connectivity index (χ3v) is 3.73. The monoisotopic (exact) mass is 364 g/mol. The van der Waals surface area contributed by atoms with Gasteiger partial charge in [0.1, 0.15) is 23.3 Å². The number of aromatic hydroxyl groups is 1. The summed E-state index contributed by atoms with van der Waals surface area (Å²) in [6.45, 7) is 0. The van der Waals surface area contributed by atoms with Crippen LogP contribution in [0.1, 0.15) is 11.1 Å². The molecule has 1 unspecified atom stereocenters. The number of hydrogen-bond acceptors (Lipinski definition) is 3. The van der Waals surface area contributed by atoms with E-state index in [1.165, 1.54) is 0 Å². The van der Waals surface area contributed by atoms with Crippen molar-refractivity contribution in [2.45, 2.75) is 11.0 Å². The molecule has 0 aromatic heterocycles. The lowest BCUT2D eigenvalue weighted by molar-refractivity contribution is -0.506. The quantitative estimate of drug-likeness (QED) is 0.473. The van der Waals surface area contributed by atoms with Gasteiger partial charge in [0.15, 0.2) is 11.9 Å². The number of benzene rings is 1. The van der Waals surface area contributed by atoms with Crippen LogP contribution in [-0.2, 0) is 0 Å². The Morgan fingerprint density at radius 1 is 1.43 bits per heavy atom. The number of alkyl halides is 4. The molecule has 1 aromatic rings. The van der Waals surface area contributed by atoms with Crippen molar-refractivity contribution in [2.75, 3.05) is 7.05 Å². The zero-order chi connectivity index (χ0) is 15.9. The van der Waals surface area contributed by atoms with E-state index >= 15 is 0 Å². The van der Waals surface area contributed by atoms with Crippen LogP contribution >= 0.6 is 15.9 Å². The second kappa shape index (κ2) is 5.11. The maximum atomic E-state index is 13.9. The van der Waals surface area contributed by atoms with Crippen LogP contribution in [0.25, 0.3) is 0 Å². The molecule has 1 aromatic carbocycles. The molecular weight excluding hydrogens is 358 g/mol. The highest BCUT2D eigenvalue weighted by atomic mass is 79.9. The molecule has 110 valence electrons. The molecule has 0 bridgehead atoms. The van der Waals surface area contributed by atoms with Gasteiger partial charge in [-0.1, -0.05) is 20.6 Å². The van der Waals surface area contributed by atoms with E-state index in [0.29, 0.717) is 4.68 Å². The minimum atomic E-state index is -4.64. The minimum absolute atomic E-state index is 0.234. The third kappa shape index (κ3) is 2.63. The second-order valence-electron chi connectivity index (χ2n) is 4.22. The van der Waals surface area contributed by atoms with Gasteiger partial charge in [-0.3, -0.25) is 0 Å². The number of hydrazone groups is 1. The molecule has 0 spiro atoms. The Balaban J connectivity index is 2.51. The number of hydrogen-bond donors (Lipinski definition) is 1. The van der Waals surface area contributed by atoms with Crippen molar-refractivity contribution in [3.8, 4) is 11.8 Å². The summed E-state index contributed by atoms with van der Waals surface area (Å²) in [6, 6.07) is 3.20. The molecule has 2 rings (SSSR count). The zero-order valence-electron chi connectivity index (χ0n) is 10.4. The molecule has 1 heterocycles. The maximum Gasteiger partial charge on any atom is 0.477 e. The fourth-order valence-corrected chi connectivity index (χ4v) is 2.82. The normalized spacial score (nSPS) is 18.7. The molecule has 1 aliphatic rings. The standard InChI is InChI=1S/C12H6BrF4N3O/c1-20-11(12(15,16)17)9(13)10(19-20)6-3-8(21)5(4-18)2-7(6)14/h2-3,9H,1H3/p+1. The van der Waals surface area contributed by atoms with Crippen LogP contribution in [0.4, 0.5) is 17.6 Å². The lowest BCUT2D eigenvalue weighted by Gasteiger charge is -2.08. The van der Waals surface area contributed by atoms with Gasteiger partial charge in [-0.2, -0.15) is 18.4 Å². The first-order valence-electron chi connectivity index (χ1n) is 5.50. The summed E-state index contributed by atoms with van der Waals surface area (Å²) in [6.07, 6.45) is -4.64. The van der Waals surface area contributed by atoms with E-state index in [1.54, 1.807) is 6.07 Å². The van der Waals surface area contributed by atoms with E-state index in [0.717, 1.165) is 19.2 Å². The molecule has 0 aliphatic carbocycles.